The first kappa shape index (κ1) is 23.1. The SMILES string of the molecule is CCOC(=O)N(CC(=O)c1ccc2c(c1)CC(C(=O)O)S2)S(=O)(=O)c1ccc(Cl)cc1. The van der Waals surface area contributed by atoms with Crippen molar-refractivity contribution in [1.29, 1.82) is 0 Å². The summed E-state index contributed by atoms with van der Waals surface area (Å²) in [6.07, 6.45) is -0.922. The maximum atomic E-state index is 13.0. The van der Waals surface area contributed by atoms with Gasteiger partial charge in [0, 0.05) is 15.5 Å². The summed E-state index contributed by atoms with van der Waals surface area (Å²) in [5.41, 5.74) is 0.859. The van der Waals surface area contributed by atoms with Crippen LogP contribution in [0.4, 0.5) is 4.79 Å². The average Bonchev–Trinajstić information content (AvgIpc) is 3.16. The van der Waals surface area contributed by atoms with E-state index in [9.17, 15) is 27.9 Å². The van der Waals surface area contributed by atoms with Crippen LogP contribution in [0.25, 0.3) is 0 Å². The van der Waals surface area contributed by atoms with E-state index in [1.165, 1.54) is 55.1 Å². The number of carbonyl (C=O) groups is 3. The Bertz CT molecular complexity index is 1130. The fraction of sp³-hybridized carbons (Fsp3) is 0.250. The molecule has 0 bridgehead atoms. The molecule has 1 atom stereocenters. The van der Waals surface area contributed by atoms with Gasteiger partial charge in [-0.25, -0.2) is 13.2 Å². The Labute approximate surface area is 188 Å². The fourth-order valence-electron chi connectivity index (χ4n) is 2.96. The highest BCUT2D eigenvalue weighted by Gasteiger charge is 2.34. The van der Waals surface area contributed by atoms with Crippen LogP contribution in [0.15, 0.2) is 52.3 Å². The van der Waals surface area contributed by atoms with Gasteiger partial charge in [0.2, 0.25) is 0 Å². The number of ketones is 1. The summed E-state index contributed by atoms with van der Waals surface area (Å²) in [6, 6.07) is 9.81. The minimum atomic E-state index is -4.38. The highest BCUT2D eigenvalue weighted by molar-refractivity contribution is 8.01. The number of amides is 1. The van der Waals surface area contributed by atoms with Crippen molar-refractivity contribution in [3.8, 4) is 0 Å². The molecule has 31 heavy (non-hydrogen) atoms. The van der Waals surface area contributed by atoms with E-state index in [0.717, 1.165) is 4.90 Å². The van der Waals surface area contributed by atoms with Crippen molar-refractivity contribution in [3.63, 3.8) is 0 Å². The standard InChI is InChI=1S/C20H18ClNO7S2/c1-2-29-20(26)22(31(27,28)15-6-4-14(21)5-7-15)11-16(23)12-3-8-17-13(9-12)10-18(30-17)19(24)25/h3-9,18H,2,10-11H2,1H3,(H,24,25). The van der Waals surface area contributed by atoms with Gasteiger partial charge in [0.05, 0.1) is 11.5 Å². The molecule has 0 fully saturated rings. The van der Waals surface area contributed by atoms with Gasteiger partial charge in [-0.05, 0) is 55.3 Å². The number of benzene rings is 2. The molecule has 2 aromatic carbocycles. The van der Waals surface area contributed by atoms with Gasteiger partial charge in [-0.3, -0.25) is 9.59 Å². The van der Waals surface area contributed by atoms with Crippen LogP contribution in [0.3, 0.4) is 0 Å². The first-order valence-corrected chi connectivity index (χ1v) is 11.8. The van der Waals surface area contributed by atoms with Crippen LogP contribution in [-0.4, -0.2) is 54.1 Å². The molecule has 1 N–H and O–H groups in total. The Kier molecular flexibility index (Phi) is 6.93. The first-order chi connectivity index (χ1) is 14.6. The third kappa shape index (κ3) is 5.03. The lowest BCUT2D eigenvalue weighted by atomic mass is 10.0. The minimum absolute atomic E-state index is 0.0771. The molecule has 1 amide bonds. The molecule has 164 valence electrons. The monoisotopic (exact) mass is 483 g/mol. The number of carboxylic acids is 1. The van der Waals surface area contributed by atoms with Gasteiger partial charge in [-0.2, -0.15) is 4.31 Å². The lowest BCUT2D eigenvalue weighted by Gasteiger charge is -2.21. The number of ether oxygens (including phenoxy) is 1. The minimum Gasteiger partial charge on any atom is -0.480 e. The first-order valence-electron chi connectivity index (χ1n) is 9.14. The number of Topliss-reactive ketones (excluding diaryl/α,β-unsaturated/α-hetero) is 1. The topological polar surface area (TPSA) is 118 Å². The van der Waals surface area contributed by atoms with Gasteiger partial charge < -0.3 is 9.84 Å². The smallest absolute Gasteiger partial charge is 0.424 e. The predicted octanol–water partition coefficient (Wildman–Crippen LogP) is 3.47. The third-order valence-corrected chi connectivity index (χ3v) is 7.78. The molecule has 2 aromatic rings. The Morgan fingerprint density at radius 2 is 1.87 bits per heavy atom. The molecule has 1 aliphatic rings. The largest absolute Gasteiger partial charge is 0.480 e. The number of rotatable bonds is 7. The molecule has 0 saturated carbocycles. The second-order valence-corrected chi connectivity index (χ2v) is 10.1. The van der Waals surface area contributed by atoms with Gasteiger partial charge >= 0.3 is 12.1 Å². The molecule has 1 unspecified atom stereocenters. The van der Waals surface area contributed by atoms with Crippen molar-refractivity contribution >= 4 is 51.2 Å². The fourth-order valence-corrected chi connectivity index (χ4v) is 5.47. The average molecular weight is 484 g/mol. The summed E-state index contributed by atoms with van der Waals surface area (Å²) in [5, 5.41) is 8.86. The Balaban J connectivity index is 1.88. The summed E-state index contributed by atoms with van der Waals surface area (Å²) in [4.78, 5) is 37.0. The molecule has 1 aliphatic heterocycles. The highest BCUT2D eigenvalue weighted by atomic mass is 35.5. The number of fused-ring (bicyclic) bond motifs is 1. The number of hydrogen-bond donors (Lipinski definition) is 1. The Morgan fingerprint density at radius 3 is 2.48 bits per heavy atom. The maximum Gasteiger partial charge on any atom is 0.424 e. The zero-order chi connectivity index (χ0) is 22.8. The Morgan fingerprint density at radius 1 is 1.19 bits per heavy atom. The van der Waals surface area contributed by atoms with Crippen molar-refractivity contribution in [2.24, 2.45) is 0 Å². The quantitative estimate of drug-likeness (QED) is 0.595. The number of thioether (sulfide) groups is 1. The molecule has 1 heterocycles. The summed E-state index contributed by atoms with van der Waals surface area (Å²) in [7, 11) is -4.38. The van der Waals surface area contributed by atoms with E-state index >= 15 is 0 Å². The van der Waals surface area contributed by atoms with Crippen molar-refractivity contribution in [1.82, 2.24) is 4.31 Å². The van der Waals surface area contributed by atoms with E-state index in [1.54, 1.807) is 6.07 Å². The Hall–Kier alpha value is -2.56. The third-order valence-electron chi connectivity index (χ3n) is 4.49. The van der Waals surface area contributed by atoms with Crippen LogP contribution in [0.1, 0.15) is 22.8 Å². The van der Waals surface area contributed by atoms with Crippen molar-refractivity contribution in [2.75, 3.05) is 13.2 Å². The van der Waals surface area contributed by atoms with Gasteiger partial charge in [-0.15, -0.1) is 11.8 Å². The summed E-state index contributed by atoms with van der Waals surface area (Å²) in [6.45, 7) is 0.675. The van der Waals surface area contributed by atoms with Gasteiger partial charge in [0.15, 0.2) is 5.78 Å². The molecule has 8 nitrogen and oxygen atoms in total. The molecule has 11 heteroatoms. The van der Waals surface area contributed by atoms with E-state index in [-0.39, 0.29) is 23.5 Å². The van der Waals surface area contributed by atoms with Gasteiger partial charge in [-0.1, -0.05) is 17.7 Å². The van der Waals surface area contributed by atoms with E-state index in [2.05, 4.69) is 0 Å². The van der Waals surface area contributed by atoms with E-state index in [4.69, 9.17) is 16.3 Å². The summed E-state index contributed by atoms with van der Waals surface area (Å²) in [5.74, 6) is -1.58. The van der Waals surface area contributed by atoms with Crippen molar-refractivity contribution < 1.29 is 32.6 Å². The maximum absolute atomic E-state index is 13.0. The molecular weight excluding hydrogens is 466 g/mol. The van der Waals surface area contributed by atoms with Gasteiger partial charge in [0.25, 0.3) is 10.0 Å². The molecular formula is C20H18ClNO7S2. The number of nitrogens with zero attached hydrogens (tertiary/aromatic N) is 1. The van der Waals surface area contributed by atoms with Crippen LogP contribution in [0.5, 0.6) is 0 Å². The second kappa shape index (κ2) is 9.29. The second-order valence-electron chi connectivity index (χ2n) is 6.56. The molecule has 0 spiro atoms. The van der Waals surface area contributed by atoms with Crippen LogP contribution in [0, 0.1) is 0 Å². The lowest BCUT2D eigenvalue weighted by Crippen LogP contribution is -2.41. The van der Waals surface area contributed by atoms with Crippen molar-refractivity contribution in [2.45, 2.75) is 28.4 Å². The number of carboxylic acid groups (broad SMARTS) is 1. The molecule has 0 aromatic heterocycles. The van der Waals surface area contributed by atoms with Gasteiger partial charge in [0.1, 0.15) is 11.8 Å². The normalized spacial score (nSPS) is 15.2. The van der Waals surface area contributed by atoms with Crippen LogP contribution >= 0.6 is 23.4 Å². The lowest BCUT2D eigenvalue weighted by molar-refractivity contribution is -0.136. The number of aliphatic carboxylic acids is 1. The number of halogens is 1. The zero-order valence-corrected chi connectivity index (χ0v) is 18.7. The van der Waals surface area contributed by atoms with E-state index in [1.807, 2.05) is 0 Å². The number of hydrogen-bond acceptors (Lipinski definition) is 7. The molecule has 0 radical (unpaired) electrons. The van der Waals surface area contributed by atoms with E-state index in [0.29, 0.717) is 14.9 Å². The van der Waals surface area contributed by atoms with Crippen LogP contribution in [-0.2, 0) is 26.0 Å². The van der Waals surface area contributed by atoms with Crippen molar-refractivity contribution in [3.05, 3.63) is 58.6 Å². The number of carbonyl (C=O) groups excluding carboxylic acids is 2. The van der Waals surface area contributed by atoms with Crippen LogP contribution < -0.4 is 0 Å². The summed E-state index contributed by atoms with van der Waals surface area (Å²) < 4.78 is 31.2. The zero-order valence-electron chi connectivity index (χ0n) is 16.3. The van der Waals surface area contributed by atoms with Crippen LogP contribution in [0.2, 0.25) is 5.02 Å². The number of sulfonamides is 1. The summed E-state index contributed by atoms with van der Waals surface area (Å²) >= 11 is 6.99. The molecule has 3 rings (SSSR count). The molecule has 0 aliphatic carbocycles. The van der Waals surface area contributed by atoms with E-state index < -0.39 is 39.7 Å². The predicted molar refractivity (Wildman–Crippen MR) is 114 cm³/mol. The molecule has 0 saturated heterocycles. The highest BCUT2D eigenvalue weighted by Crippen LogP contribution is 2.37.